The van der Waals surface area contributed by atoms with E-state index in [1.807, 2.05) is 0 Å². The first-order valence-corrected chi connectivity index (χ1v) is 10.8. The minimum atomic E-state index is -5.59. The lowest BCUT2D eigenvalue weighted by atomic mass is 9.99. The van der Waals surface area contributed by atoms with Gasteiger partial charge in [-0.3, -0.25) is 9.20 Å². The van der Waals surface area contributed by atoms with Crippen LogP contribution < -0.4 is 10.1 Å². The monoisotopic (exact) mass is 543 g/mol. The van der Waals surface area contributed by atoms with E-state index in [0.717, 1.165) is 12.1 Å². The highest BCUT2D eigenvalue weighted by Gasteiger charge is 2.57. The Morgan fingerprint density at radius 1 is 1.08 bits per heavy atom. The number of aromatic nitrogens is 2. The Bertz CT molecular complexity index is 1210. The lowest BCUT2D eigenvalue weighted by molar-refractivity contribution is -0.286. The van der Waals surface area contributed by atoms with Crippen molar-refractivity contribution in [3.05, 3.63) is 65.1 Å². The number of benzene rings is 1. The molecule has 1 amide bonds. The molecule has 0 fully saturated rings. The zero-order chi connectivity index (χ0) is 26.8. The van der Waals surface area contributed by atoms with Gasteiger partial charge in [0.05, 0.1) is 11.3 Å². The van der Waals surface area contributed by atoms with Crippen molar-refractivity contribution in [2.24, 2.45) is 5.92 Å². The Labute approximate surface area is 204 Å². The van der Waals surface area contributed by atoms with Crippen molar-refractivity contribution < 1.29 is 44.7 Å². The molecule has 1 aromatic carbocycles. The van der Waals surface area contributed by atoms with Crippen molar-refractivity contribution in [1.82, 2.24) is 14.7 Å². The maximum Gasteiger partial charge on any atom is 0.400 e. The van der Waals surface area contributed by atoms with Crippen molar-refractivity contribution in [1.29, 1.82) is 0 Å². The molecule has 2 aromatic heterocycles. The van der Waals surface area contributed by atoms with Gasteiger partial charge in [-0.05, 0) is 37.6 Å². The molecule has 0 aliphatic heterocycles. The first-order valence-electron chi connectivity index (χ1n) is 10.3. The van der Waals surface area contributed by atoms with E-state index in [4.69, 9.17) is 16.3 Å². The fourth-order valence-corrected chi connectivity index (χ4v) is 3.72. The molecule has 1 atom stereocenters. The lowest BCUT2D eigenvalue weighted by Gasteiger charge is -2.26. The Morgan fingerprint density at radius 2 is 1.69 bits per heavy atom. The number of hydrogen-bond acceptors (Lipinski definition) is 3. The fraction of sp³-hybridized carbons (Fsp3) is 0.364. The number of pyridine rings is 1. The predicted octanol–water partition coefficient (Wildman–Crippen LogP) is 5.97. The van der Waals surface area contributed by atoms with Crippen LogP contribution in [0.3, 0.4) is 0 Å². The van der Waals surface area contributed by atoms with E-state index in [2.05, 4.69) is 10.3 Å². The summed E-state index contributed by atoms with van der Waals surface area (Å²) in [5.74, 6) is -7.09. The van der Waals surface area contributed by atoms with Gasteiger partial charge < -0.3 is 10.1 Å². The zero-order valence-electron chi connectivity index (χ0n) is 18.4. The number of imidazole rings is 1. The molecular weight excluding hydrogens is 526 g/mol. The van der Waals surface area contributed by atoms with Crippen LogP contribution in [0.4, 0.5) is 35.1 Å². The minimum Gasteiger partial charge on any atom is -0.485 e. The summed E-state index contributed by atoms with van der Waals surface area (Å²) in [5.41, 5.74) is -0.451. The number of amides is 1. The van der Waals surface area contributed by atoms with Crippen LogP contribution in [-0.2, 0) is 6.61 Å². The van der Waals surface area contributed by atoms with Crippen LogP contribution in [-0.4, -0.2) is 39.6 Å². The molecule has 0 aliphatic carbocycles. The number of rotatable bonds is 8. The van der Waals surface area contributed by atoms with Crippen molar-refractivity contribution in [2.45, 2.75) is 38.3 Å². The molecule has 3 aromatic rings. The molecule has 0 saturated heterocycles. The van der Waals surface area contributed by atoms with Crippen LogP contribution in [0.5, 0.6) is 5.75 Å². The first kappa shape index (κ1) is 27.5. The SMILES string of the molecule is Cc1nc2c(OCc3c(F)cccc3F)cccn2c1C(=O)NC(CCl)CC(C(F)(F)F)C(F)(F)F. The van der Waals surface area contributed by atoms with E-state index < -0.39 is 60.8 Å². The third-order valence-electron chi connectivity index (χ3n) is 5.27. The molecule has 0 bridgehead atoms. The molecule has 36 heavy (non-hydrogen) atoms. The van der Waals surface area contributed by atoms with Crippen LogP contribution in [0.25, 0.3) is 5.65 Å². The van der Waals surface area contributed by atoms with Crippen molar-refractivity contribution in [3.63, 3.8) is 0 Å². The van der Waals surface area contributed by atoms with Gasteiger partial charge in [0.2, 0.25) is 0 Å². The quantitative estimate of drug-likeness (QED) is 0.281. The van der Waals surface area contributed by atoms with Crippen molar-refractivity contribution in [2.75, 3.05) is 5.88 Å². The summed E-state index contributed by atoms with van der Waals surface area (Å²) < 4.78 is 112. The number of halogens is 9. The lowest BCUT2D eigenvalue weighted by Crippen LogP contribution is -2.45. The van der Waals surface area contributed by atoms with E-state index >= 15 is 0 Å². The Kier molecular flexibility index (Phi) is 8.01. The van der Waals surface area contributed by atoms with E-state index in [1.165, 1.54) is 35.7 Å². The average molecular weight is 544 g/mol. The van der Waals surface area contributed by atoms with E-state index in [0.29, 0.717) is 0 Å². The second-order valence-electron chi connectivity index (χ2n) is 7.80. The predicted molar refractivity (Wildman–Crippen MR) is 113 cm³/mol. The second kappa shape index (κ2) is 10.5. The fourth-order valence-electron chi connectivity index (χ4n) is 3.51. The summed E-state index contributed by atoms with van der Waals surface area (Å²) in [6, 6.07) is 4.40. The summed E-state index contributed by atoms with van der Waals surface area (Å²) in [6.07, 6.45) is -11.3. The third-order valence-corrected chi connectivity index (χ3v) is 5.64. The maximum atomic E-state index is 13.9. The number of carbonyl (C=O) groups is 1. The number of nitrogens with one attached hydrogen (secondary N) is 1. The molecule has 14 heteroatoms. The average Bonchev–Trinajstić information content (AvgIpc) is 3.11. The smallest absolute Gasteiger partial charge is 0.400 e. The van der Waals surface area contributed by atoms with Gasteiger partial charge in [-0.1, -0.05) is 6.07 Å². The maximum absolute atomic E-state index is 13.9. The number of nitrogens with zero attached hydrogens (tertiary/aromatic N) is 2. The Morgan fingerprint density at radius 3 is 2.25 bits per heavy atom. The molecule has 196 valence electrons. The largest absolute Gasteiger partial charge is 0.485 e. The van der Waals surface area contributed by atoms with Gasteiger partial charge in [0, 0.05) is 18.1 Å². The molecule has 1 N–H and O–H groups in total. The van der Waals surface area contributed by atoms with Crippen molar-refractivity contribution >= 4 is 23.2 Å². The summed E-state index contributed by atoms with van der Waals surface area (Å²) in [4.78, 5) is 17.0. The summed E-state index contributed by atoms with van der Waals surface area (Å²) in [7, 11) is 0. The standard InChI is InChI=1S/C22H18ClF8N3O2/c1-11-18(20(35)33-12(9-23)8-17(21(26,27)28)22(29,30)31)34-7-3-6-16(19(34)32-11)36-10-13-14(24)4-2-5-15(13)25/h2-7,12,17H,8-10H2,1H3,(H,33,35). The highest BCUT2D eigenvalue weighted by molar-refractivity contribution is 6.18. The van der Waals surface area contributed by atoms with Gasteiger partial charge in [-0.15, -0.1) is 11.6 Å². The molecule has 3 rings (SSSR count). The number of aryl methyl sites for hydroxylation is 1. The molecule has 0 aliphatic rings. The molecule has 0 saturated carbocycles. The zero-order valence-corrected chi connectivity index (χ0v) is 19.1. The summed E-state index contributed by atoms with van der Waals surface area (Å²) in [5, 5.41) is 2.10. The van der Waals surface area contributed by atoms with Gasteiger partial charge in [-0.25, -0.2) is 13.8 Å². The number of hydrogen-bond donors (Lipinski definition) is 1. The van der Waals surface area contributed by atoms with Gasteiger partial charge >= 0.3 is 12.4 Å². The molecule has 0 radical (unpaired) electrons. The highest BCUT2D eigenvalue weighted by atomic mass is 35.5. The molecule has 0 spiro atoms. The highest BCUT2D eigenvalue weighted by Crippen LogP contribution is 2.42. The summed E-state index contributed by atoms with van der Waals surface area (Å²) >= 11 is 5.57. The third kappa shape index (κ3) is 6.00. The first-order chi connectivity index (χ1) is 16.7. The van der Waals surface area contributed by atoms with Gasteiger partial charge in [0.15, 0.2) is 17.3 Å². The van der Waals surface area contributed by atoms with Gasteiger partial charge in [-0.2, -0.15) is 26.3 Å². The Balaban J connectivity index is 1.85. The van der Waals surface area contributed by atoms with Crippen molar-refractivity contribution in [3.8, 4) is 5.75 Å². The molecular formula is C22H18ClF8N3O2. The van der Waals surface area contributed by atoms with Gasteiger partial charge in [0.1, 0.15) is 23.9 Å². The molecule has 2 heterocycles. The Hall–Kier alpha value is -3.09. The molecule has 5 nitrogen and oxygen atoms in total. The van der Waals surface area contributed by atoms with E-state index in [1.54, 1.807) is 0 Å². The number of fused-ring (bicyclic) bond motifs is 1. The van der Waals surface area contributed by atoms with Gasteiger partial charge in [0.25, 0.3) is 5.91 Å². The molecule has 1 unspecified atom stereocenters. The second-order valence-corrected chi connectivity index (χ2v) is 8.11. The number of carbonyl (C=O) groups excluding carboxylic acids is 1. The van der Waals surface area contributed by atoms with Crippen LogP contribution in [0, 0.1) is 24.5 Å². The van der Waals surface area contributed by atoms with Crippen LogP contribution >= 0.6 is 11.6 Å². The van der Waals surface area contributed by atoms with Crippen LogP contribution in [0.15, 0.2) is 36.5 Å². The van der Waals surface area contributed by atoms with E-state index in [9.17, 15) is 39.9 Å². The van der Waals surface area contributed by atoms with Crippen LogP contribution in [0.1, 0.15) is 28.2 Å². The van der Waals surface area contributed by atoms with Crippen LogP contribution in [0.2, 0.25) is 0 Å². The summed E-state index contributed by atoms with van der Waals surface area (Å²) in [6.45, 7) is 0.863. The normalized spacial score (nSPS) is 13.3. The topological polar surface area (TPSA) is 55.6 Å². The number of alkyl halides is 7. The van der Waals surface area contributed by atoms with E-state index in [-0.39, 0.29) is 28.3 Å². The number of ether oxygens (including phenoxy) is 1. The minimum absolute atomic E-state index is 0.0189.